The van der Waals surface area contributed by atoms with Gasteiger partial charge < -0.3 is 16.4 Å². The molecule has 1 atom stereocenters. The van der Waals surface area contributed by atoms with E-state index in [1.807, 2.05) is 19.4 Å². The van der Waals surface area contributed by atoms with Crippen molar-refractivity contribution >= 4 is 27.4 Å². The van der Waals surface area contributed by atoms with Crippen molar-refractivity contribution in [3.8, 4) is 11.1 Å². The van der Waals surface area contributed by atoms with Crippen LogP contribution in [0.15, 0.2) is 23.1 Å². The Labute approximate surface area is 147 Å². The first-order valence-electron chi connectivity index (χ1n) is 7.88. The lowest BCUT2D eigenvalue weighted by Crippen LogP contribution is -2.49. The number of anilines is 1. The molecule has 1 aliphatic heterocycles. The van der Waals surface area contributed by atoms with Crippen LogP contribution in [0.25, 0.3) is 16.8 Å². The van der Waals surface area contributed by atoms with Crippen molar-refractivity contribution in [2.24, 2.45) is 7.05 Å². The summed E-state index contributed by atoms with van der Waals surface area (Å²) in [6, 6.07) is 0.342. The van der Waals surface area contributed by atoms with Crippen LogP contribution in [0.2, 0.25) is 0 Å². The SMILES string of the molecule is Cn1cc(-c2cnn3c(N)c(Br)c(CC4CNCCN4)nc23)cn1. The standard InChI is InChI=1S/C15H19BrN8/c1-23-8-9(5-20-23)11-7-21-24-14(17)13(16)12(22-15(11)24)4-10-6-18-2-3-19-10/h5,7-8,10,18-19H,2-4,6,17H2,1H3. The van der Waals surface area contributed by atoms with Gasteiger partial charge in [-0.1, -0.05) is 0 Å². The highest BCUT2D eigenvalue weighted by Crippen LogP contribution is 2.30. The van der Waals surface area contributed by atoms with Gasteiger partial charge in [-0.25, -0.2) is 4.98 Å². The van der Waals surface area contributed by atoms with E-state index in [1.165, 1.54) is 0 Å². The molecule has 4 rings (SSSR count). The van der Waals surface area contributed by atoms with Crippen molar-refractivity contribution in [1.82, 2.24) is 35.0 Å². The molecule has 9 heteroatoms. The van der Waals surface area contributed by atoms with Crippen molar-refractivity contribution in [2.75, 3.05) is 25.4 Å². The minimum Gasteiger partial charge on any atom is -0.383 e. The Morgan fingerprint density at radius 3 is 2.92 bits per heavy atom. The molecule has 4 heterocycles. The molecule has 1 fully saturated rings. The van der Waals surface area contributed by atoms with Gasteiger partial charge in [0.15, 0.2) is 5.65 Å². The first-order chi connectivity index (χ1) is 11.6. The van der Waals surface area contributed by atoms with Crippen LogP contribution in [0.5, 0.6) is 0 Å². The van der Waals surface area contributed by atoms with E-state index < -0.39 is 0 Å². The Morgan fingerprint density at radius 2 is 2.21 bits per heavy atom. The molecular formula is C15H19BrN8. The van der Waals surface area contributed by atoms with Gasteiger partial charge in [-0.2, -0.15) is 14.7 Å². The summed E-state index contributed by atoms with van der Waals surface area (Å²) in [5.41, 5.74) is 9.87. The number of rotatable bonds is 3. The molecule has 0 radical (unpaired) electrons. The van der Waals surface area contributed by atoms with Crippen molar-refractivity contribution in [3.63, 3.8) is 0 Å². The quantitative estimate of drug-likeness (QED) is 0.604. The molecule has 1 aliphatic rings. The summed E-state index contributed by atoms with van der Waals surface area (Å²) in [6.07, 6.45) is 6.34. The Hall–Kier alpha value is -1.97. The normalized spacial score (nSPS) is 18.3. The average molecular weight is 391 g/mol. The fourth-order valence-corrected chi connectivity index (χ4v) is 3.45. The number of nitrogens with two attached hydrogens (primary N) is 1. The van der Waals surface area contributed by atoms with Crippen LogP contribution in [-0.2, 0) is 13.5 Å². The topological polar surface area (TPSA) is 98.1 Å². The molecule has 1 saturated heterocycles. The monoisotopic (exact) mass is 390 g/mol. The molecule has 4 N–H and O–H groups in total. The van der Waals surface area contributed by atoms with Crippen molar-refractivity contribution in [3.05, 3.63) is 28.8 Å². The molecular weight excluding hydrogens is 372 g/mol. The number of nitrogen functional groups attached to an aromatic ring is 1. The lowest BCUT2D eigenvalue weighted by Gasteiger charge is -2.24. The Bertz CT molecular complexity index is 877. The van der Waals surface area contributed by atoms with Crippen LogP contribution >= 0.6 is 15.9 Å². The maximum Gasteiger partial charge on any atom is 0.165 e. The molecule has 3 aromatic heterocycles. The summed E-state index contributed by atoms with van der Waals surface area (Å²) in [4.78, 5) is 4.84. The molecule has 1 unspecified atom stereocenters. The first kappa shape index (κ1) is 15.6. The number of nitrogens with one attached hydrogen (secondary N) is 2. The summed E-state index contributed by atoms with van der Waals surface area (Å²) in [6.45, 7) is 2.89. The van der Waals surface area contributed by atoms with Gasteiger partial charge in [-0.3, -0.25) is 4.68 Å². The predicted octanol–water partition coefficient (Wildman–Crippen LogP) is 0.578. The summed E-state index contributed by atoms with van der Waals surface area (Å²) >= 11 is 3.58. The number of hydrogen-bond acceptors (Lipinski definition) is 6. The Kier molecular flexibility index (Phi) is 3.99. The van der Waals surface area contributed by atoms with E-state index >= 15 is 0 Å². The molecule has 0 amide bonds. The fraction of sp³-hybridized carbons (Fsp3) is 0.400. The lowest BCUT2D eigenvalue weighted by atomic mass is 10.1. The molecule has 0 saturated carbocycles. The minimum absolute atomic E-state index is 0.342. The molecule has 8 nitrogen and oxygen atoms in total. The predicted molar refractivity (Wildman–Crippen MR) is 95.7 cm³/mol. The van der Waals surface area contributed by atoms with E-state index in [9.17, 15) is 0 Å². The van der Waals surface area contributed by atoms with Crippen LogP contribution < -0.4 is 16.4 Å². The second kappa shape index (κ2) is 6.15. The molecule has 0 spiro atoms. The highest BCUT2D eigenvalue weighted by atomic mass is 79.9. The summed E-state index contributed by atoms with van der Waals surface area (Å²) < 4.78 is 4.24. The first-order valence-corrected chi connectivity index (χ1v) is 8.67. The number of aryl methyl sites for hydroxylation is 1. The zero-order valence-electron chi connectivity index (χ0n) is 13.3. The summed E-state index contributed by atoms with van der Waals surface area (Å²) in [5.74, 6) is 0.564. The molecule has 3 aromatic rings. The largest absolute Gasteiger partial charge is 0.383 e. The van der Waals surface area contributed by atoms with E-state index in [0.29, 0.717) is 11.9 Å². The number of fused-ring (bicyclic) bond motifs is 1. The van der Waals surface area contributed by atoms with Crippen molar-refractivity contribution in [2.45, 2.75) is 12.5 Å². The van der Waals surface area contributed by atoms with Gasteiger partial charge in [0.1, 0.15) is 5.82 Å². The van der Waals surface area contributed by atoms with Gasteiger partial charge in [-0.15, -0.1) is 0 Å². The zero-order valence-corrected chi connectivity index (χ0v) is 14.9. The molecule has 24 heavy (non-hydrogen) atoms. The Morgan fingerprint density at radius 1 is 1.33 bits per heavy atom. The number of piperazine rings is 1. The summed E-state index contributed by atoms with van der Waals surface area (Å²) in [5, 5.41) is 15.5. The van der Waals surface area contributed by atoms with Gasteiger partial charge in [0.2, 0.25) is 0 Å². The maximum atomic E-state index is 6.28. The van der Waals surface area contributed by atoms with E-state index in [0.717, 1.165) is 53.0 Å². The van der Waals surface area contributed by atoms with E-state index in [-0.39, 0.29) is 0 Å². The third-order valence-electron chi connectivity index (χ3n) is 4.27. The zero-order chi connectivity index (χ0) is 16.7. The molecule has 0 bridgehead atoms. The van der Waals surface area contributed by atoms with Gasteiger partial charge in [0.25, 0.3) is 0 Å². The van der Waals surface area contributed by atoms with Gasteiger partial charge in [-0.05, 0) is 15.9 Å². The van der Waals surface area contributed by atoms with Crippen molar-refractivity contribution < 1.29 is 0 Å². The van der Waals surface area contributed by atoms with Crippen molar-refractivity contribution in [1.29, 1.82) is 0 Å². The number of nitrogens with zero attached hydrogens (tertiary/aromatic N) is 5. The van der Waals surface area contributed by atoms with Gasteiger partial charge in [0, 0.05) is 56.5 Å². The van der Waals surface area contributed by atoms with Crippen LogP contribution in [0.3, 0.4) is 0 Å². The van der Waals surface area contributed by atoms with Gasteiger partial charge in [0.05, 0.1) is 22.6 Å². The van der Waals surface area contributed by atoms with E-state index in [2.05, 4.69) is 36.8 Å². The minimum atomic E-state index is 0.342. The van der Waals surface area contributed by atoms with Crippen LogP contribution in [0, 0.1) is 0 Å². The number of halogens is 1. The van der Waals surface area contributed by atoms with Crippen LogP contribution in [0.4, 0.5) is 5.82 Å². The second-order valence-electron chi connectivity index (χ2n) is 6.01. The highest BCUT2D eigenvalue weighted by Gasteiger charge is 2.20. The van der Waals surface area contributed by atoms with Crippen LogP contribution in [0.1, 0.15) is 5.69 Å². The average Bonchev–Trinajstić information content (AvgIpc) is 3.19. The third kappa shape index (κ3) is 2.68. The van der Waals surface area contributed by atoms with Crippen LogP contribution in [-0.4, -0.2) is 50.1 Å². The number of aromatic nitrogens is 5. The van der Waals surface area contributed by atoms with Gasteiger partial charge >= 0.3 is 0 Å². The molecule has 126 valence electrons. The third-order valence-corrected chi connectivity index (χ3v) is 5.14. The van der Waals surface area contributed by atoms with E-state index in [1.54, 1.807) is 15.4 Å². The summed E-state index contributed by atoms with van der Waals surface area (Å²) in [7, 11) is 1.89. The second-order valence-corrected chi connectivity index (χ2v) is 6.81. The highest BCUT2D eigenvalue weighted by molar-refractivity contribution is 9.10. The lowest BCUT2D eigenvalue weighted by molar-refractivity contribution is 0.414. The maximum absolute atomic E-state index is 6.28. The smallest absolute Gasteiger partial charge is 0.165 e. The molecule has 0 aromatic carbocycles. The molecule has 0 aliphatic carbocycles. The van der Waals surface area contributed by atoms with E-state index in [4.69, 9.17) is 10.7 Å². The number of hydrogen-bond donors (Lipinski definition) is 3. The Balaban J connectivity index is 1.78. The fourth-order valence-electron chi connectivity index (χ4n) is 3.03.